The topological polar surface area (TPSA) is 178 Å². The van der Waals surface area contributed by atoms with Crippen LogP contribution in [0.3, 0.4) is 0 Å². The second-order valence-corrected chi connectivity index (χ2v) is 23.3. The number of carbonyl (C=O) groups is 2. The standard InChI is InChI=1S/2C22H23N3O.C22H21N3O.CH5NO.CH4/c1-3-17-18-10-9-15-12-23-21(14-7-5-4-6-8-14)25-20(15)22(18,2)11-16-13-24-26-19(16)17;2*1-4-16-17-11-10-15-13-24-21(14-8-6-5-7-9-14)25-20(15)22(17,2)12-18(23-3)19(16)26;1-2-3;/h4-8,12-13,17-18H,3,9-11H2,1-2H3;5-9,13,16-18H,4,10-12H2,1-2H3;5-9,12-13,16-17H,4,10-11H2,1-2H3;2-3H,1H3;1H4/t17-,18-,22-;16-,17-,18?,22-;16-,17-,22-;;/m000../s1/i;;;;1T. The van der Waals surface area contributed by atoms with E-state index in [1.807, 2.05) is 110 Å². The van der Waals surface area contributed by atoms with E-state index in [4.69, 9.17) is 39.2 Å². The van der Waals surface area contributed by atoms with Gasteiger partial charge < -0.3 is 19.4 Å². The van der Waals surface area contributed by atoms with Gasteiger partial charge in [-0.15, -0.1) is 0 Å². The lowest BCUT2D eigenvalue weighted by atomic mass is 9.54. The fourth-order valence-corrected chi connectivity index (χ4v) is 14.9. The van der Waals surface area contributed by atoms with E-state index >= 15 is 0 Å². The third kappa shape index (κ3) is 10.6. The van der Waals surface area contributed by atoms with Crippen LogP contribution in [0.15, 0.2) is 132 Å². The molecule has 13 rings (SSSR count). The Morgan fingerprint density at radius 1 is 0.634 bits per heavy atom. The van der Waals surface area contributed by atoms with Crippen molar-refractivity contribution in [2.75, 3.05) is 7.05 Å². The molecular weight excluding hydrogens is 1020 g/mol. The van der Waals surface area contributed by atoms with Crippen LogP contribution in [0.2, 0.25) is 0 Å². The zero-order valence-electron chi connectivity index (χ0n) is 49.6. The summed E-state index contributed by atoms with van der Waals surface area (Å²) in [6.07, 6.45) is 19.8. The highest BCUT2D eigenvalue weighted by molar-refractivity contribution is 6.00. The molecule has 14 nitrogen and oxygen atoms in total. The number of carbonyl (C=O) groups excluding carboxylic acids is 2. The number of fused-ring (bicyclic) bond motifs is 10. The number of nitrogens with zero attached hydrogens (tertiary/aromatic N) is 9. The van der Waals surface area contributed by atoms with E-state index in [0.717, 1.165) is 115 Å². The van der Waals surface area contributed by atoms with Gasteiger partial charge in [-0.05, 0) is 98.7 Å². The van der Waals surface area contributed by atoms with Gasteiger partial charge in [0.15, 0.2) is 23.3 Å². The first kappa shape index (κ1) is 57.3. The second-order valence-electron chi connectivity index (χ2n) is 23.3. The van der Waals surface area contributed by atoms with Gasteiger partial charge in [-0.25, -0.2) is 46.8 Å². The molecule has 0 bridgehead atoms. The zero-order chi connectivity index (χ0) is 59.1. The zero-order valence-corrected chi connectivity index (χ0v) is 48.6. The van der Waals surface area contributed by atoms with E-state index in [1.54, 1.807) is 5.48 Å². The Morgan fingerprint density at radius 3 is 1.54 bits per heavy atom. The summed E-state index contributed by atoms with van der Waals surface area (Å²) >= 11 is 0. The van der Waals surface area contributed by atoms with Crippen molar-refractivity contribution in [3.8, 4) is 34.2 Å². The number of hydroxylamine groups is 1. The quantitative estimate of drug-likeness (QED) is 0.119. The summed E-state index contributed by atoms with van der Waals surface area (Å²) in [4.78, 5) is 61.4. The summed E-state index contributed by atoms with van der Waals surface area (Å²) in [6.45, 7) is 28.1. The van der Waals surface area contributed by atoms with Crippen molar-refractivity contribution in [1.29, 1.82) is 0 Å². The van der Waals surface area contributed by atoms with E-state index < -0.39 is 11.5 Å². The molecule has 1 saturated carbocycles. The molecule has 14 heteroatoms. The van der Waals surface area contributed by atoms with Crippen molar-refractivity contribution >= 4 is 11.6 Å². The van der Waals surface area contributed by atoms with Crippen molar-refractivity contribution in [3.05, 3.63) is 195 Å². The molecule has 6 aliphatic carbocycles. The number of aryl methyl sites for hydroxylation is 3. The Bertz CT molecular complexity index is 3550. The number of Topliss-reactive ketones (excluding diaryl/α,β-unsaturated/α-hetero) is 2. The van der Waals surface area contributed by atoms with Crippen LogP contribution >= 0.6 is 0 Å². The predicted octanol–water partition coefficient (Wildman–Crippen LogP) is 13.6. The van der Waals surface area contributed by atoms with Crippen LogP contribution in [0.1, 0.15) is 146 Å². The molecule has 422 valence electrons. The number of hydrogen-bond donors (Lipinski definition) is 2. The number of rotatable bonds is 6. The fourth-order valence-electron chi connectivity index (χ4n) is 14.9. The van der Waals surface area contributed by atoms with Gasteiger partial charge in [-0.3, -0.25) is 4.79 Å². The lowest BCUT2D eigenvalue weighted by Crippen LogP contribution is -2.52. The van der Waals surface area contributed by atoms with Crippen molar-refractivity contribution in [2.24, 2.45) is 29.6 Å². The van der Waals surface area contributed by atoms with Crippen molar-refractivity contribution in [3.63, 3.8) is 0 Å². The van der Waals surface area contributed by atoms with E-state index in [2.05, 4.69) is 82.7 Å². The average molecular weight is 1100 g/mol. The molecule has 2 N–H and O–H groups in total. The lowest BCUT2D eigenvalue weighted by molar-refractivity contribution is -0.130. The third-order valence-corrected chi connectivity index (χ3v) is 18.8. The number of ketones is 2. The van der Waals surface area contributed by atoms with Gasteiger partial charge >= 0.3 is 0 Å². The first-order chi connectivity index (χ1) is 40.3. The Balaban J connectivity index is 0.000000144. The minimum Gasteiger partial charge on any atom is -0.361 e. The molecule has 7 aromatic rings. The highest BCUT2D eigenvalue weighted by atomic mass is 16.5. The van der Waals surface area contributed by atoms with Gasteiger partial charge in [-0.2, -0.15) is 0 Å². The molecule has 0 radical (unpaired) electrons. The highest BCUT2D eigenvalue weighted by Gasteiger charge is 2.56. The number of allylic oxidation sites excluding steroid dienone is 2. The molecule has 0 spiro atoms. The van der Waals surface area contributed by atoms with E-state index in [-0.39, 0.29) is 51.8 Å². The van der Waals surface area contributed by atoms with E-state index in [9.17, 15) is 9.59 Å². The Morgan fingerprint density at radius 2 is 1.07 bits per heavy atom. The van der Waals surface area contributed by atoms with Crippen LogP contribution in [0, 0.1) is 42.7 Å². The molecule has 6 aliphatic rings. The lowest BCUT2D eigenvalue weighted by Gasteiger charge is -2.48. The molecular formula is C68H76N10O4. The molecule has 4 heterocycles. The Labute approximate surface area is 484 Å². The van der Waals surface area contributed by atoms with E-state index in [1.165, 1.54) is 36.8 Å². The highest BCUT2D eigenvalue weighted by Crippen LogP contribution is 2.56. The molecule has 3 aromatic carbocycles. The summed E-state index contributed by atoms with van der Waals surface area (Å²) in [7, 11) is 2.68. The molecule has 0 saturated heterocycles. The normalized spacial score (nSPS) is 26.9. The molecule has 82 heavy (non-hydrogen) atoms. The monoisotopic (exact) mass is 1100 g/mol. The molecule has 0 amide bonds. The number of benzene rings is 3. The summed E-state index contributed by atoms with van der Waals surface area (Å²) in [6, 6.07) is 29.7. The van der Waals surface area contributed by atoms with Crippen molar-refractivity contribution in [1.82, 2.24) is 40.5 Å². The Hall–Kier alpha value is -7.91. The summed E-state index contributed by atoms with van der Waals surface area (Å²) in [5.74, 6) is 4.81. The van der Waals surface area contributed by atoms with Gasteiger partial charge in [0.2, 0.25) is 11.5 Å². The van der Waals surface area contributed by atoms with Gasteiger partial charge in [-0.1, -0.05) is 151 Å². The molecule has 10 atom stereocenters. The first-order valence-electron chi connectivity index (χ1n) is 29.8. The van der Waals surface area contributed by atoms with Gasteiger partial charge in [0.1, 0.15) is 5.76 Å². The maximum atomic E-state index is 12.7. The smallest absolute Gasteiger partial charge is 0.282 e. The largest absolute Gasteiger partial charge is 0.361 e. The molecule has 0 aliphatic heterocycles. The van der Waals surface area contributed by atoms with Gasteiger partial charge in [0.25, 0.3) is 6.04 Å². The summed E-state index contributed by atoms with van der Waals surface area (Å²) in [5.41, 5.74) is 12.6. The molecule has 1 fully saturated rings. The minimum absolute atomic E-state index is 0.00534. The molecule has 1 unspecified atom stereocenters. The van der Waals surface area contributed by atoms with E-state index in [0.29, 0.717) is 24.1 Å². The molecule has 4 aromatic heterocycles. The third-order valence-electron chi connectivity index (χ3n) is 18.8. The van der Waals surface area contributed by atoms with Gasteiger partial charge in [0.05, 0.1) is 29.9 Å². The number of hydrogen-bond acceptors (Lipinski definition) is 12. The summed E-state index contributed by atoms with van der Waals surface area (Å²) < 4.78 is 11.4. The minimum atomic E-state index is -0.540. The maximum absolute atomic E-state index is 12.7. The SMILES string of the molecule is CC[C@@H]1c2oncc2C[C@]2(C)c3nc(-c4ccccc4)ncc3CC[C@@H]12.CNO.[3H]C.[C-]#[N+]C1=C[C@]2(C)c3nc(-c4ccccc4)ncc3CC[C@H]2[C@H](CC)C1=O.[C-]#[N+]C1C[C@]2(C)c3nc(-c4ccccc4)ncc3CC[C@H]2[C@H](CC)C1=O. The summed E-state index contributed by atoms with van der Waals surface area (Å²) in [5, 5.41) is 11.4. The predicted molar refractivity (Wildman–Crippen MR) is 318 cm³/mol. The van der Waals surface area contributed by atoms with Crippen LogP contribution < -0.4 is 5.48 Å². The number of nitrogens with one attached hydrogen (secondary N) is 1. The van der Waals surface area contributed by atoms with Crippen LogP contribution in [-0.4, -0.2) is 64.9 Å². The Kier molecular flexibility index (Phi) is 17.2. The van der Waals surface area contributed by atoms with Gasteiger partial charge in [0, 0.05) is 89.7 Å². The fraction of sp³-hybridized carbons (Fsp3) is 0.426. The van der Waals surface area contributed by atoms with Crippen LogP contribution in [-0.2, 0) is 51.5 Å². The average Bonchev–Trinajstić information content (AvgIpc) is 4.17. The number of aromatic nitrogens is 7. The van der Waals surface area contributed by atoms with Crippen LogP contribution in [0.4, 0.5) is 0 Å². The maximum Gasteiger partial charge on any atom is 0.282 e. The van der Waals surface area contributed by atoms with Crippen molar-refractivity contribution < 1.29 is 20.7 Å². The van der Waals surface area contributed by atoms with Crippen LogP contribution in [0.5, 0.6) is 0 Å². The first-order valence-corrected chi connectivity index (χ1v) is 28.8. The van der Waals surface area contributed by atoms with Crippen LogP contribution in [0.25, 0.3) is 43.9 Å². The van der Waals surface area contributed by atoms with Crippen molar-refractivity contribution in [2.45, 2.75) is 148 Å². The second kappa shape index (κ2) is 24.7.